The molecule has 2 aromatic heterocycles. The zero-order valence-corrected chi connectivity index (χ0v) is 23.2. The van der Waals surface area contributed by atoms with Gasteiger partial charge < -0.3 is 20.2 Å². The van der Waals surface area contributed by atoms with Crippen LogP contribution in [0.1, 0.15) is 67.8 Å². The van der Waals surface area contributed by atoms with Gasteiger partial charge in [0.1, 0.15) is 0 Å². The minimum atomic E-state index is -0.440. The molecule has 0 spiro atoms. The summed E-state index contributed by atoms with van der Waals surface area (Å²) in [5.41, 5.74) is 13.0. The molecule has 2 fully saturated rings. The van der Waals surface area contributed by atoms with Crippen molar-refractivity contribution in [1.82, 2.24) is 19.5 Å². The summed E-state index contributed by atoms with van der Waals surface area (Å²) in [6.45, 7) is 0.859. The number of nitrogens with one attached hydrogen (secondary N) is 1. The van der Waals surface area contributed by atoms with Gasteiger partial charge in [-0.05, 0) is 73.6 Å². The van der Waals surface area contributed by atoms with Crippen LogP contribution < -0.4 is 10.6 Å². The van der Waals surface area contributed by atoms with Crippen LogP contribution in [0.25, 0.3) is 33.2 Å². The minimum Gasteiger partial charge on any atom is -0.374 e. The Morgan fingerprint density at radius 2 is 1.98 bits per heavy atom. The van der Waals surface area contributed by atoms with Gasteiger partial charge in [-0.25, -0.2) is 9.97 Å². The van der Waals surface area contributed by atoms with E-state index in [4.69, 9.17) is 10.7 Å². The predicted molar refractivity (Wildman–Crippen MR) is 161 cm³/mol. The van der Waals surface area contributed by atoms with Crippen LogP contribution in [-0.2, 0) is 0 Å². The van der Waals surface area contributed by atoms with Crippen molar-refractivity contribution in [3.8, 4) is 11.1 Å². The first-order valence-corrected chi connectivity index (χ1v) is 14.9. The molecule has 2 heterocycles. The fourth-order valence-corrected chi connectivity index (χ4v) is 7.46. The lowest BCUT2D eigenvalue weighted by molar-refractivity contribution is 0.100. The van der Waals surface area contributed by atoms with E-state index in [0.717, 1.165) is 52.6 Å². The van der Waals surface area contributed by atoms with Crippen LogP contribution in [0.4, 0.5) is 5.69 Å². The van der Waals surface area contributed by atoms with E-state index in [-0.39, 0.29) is 0 Å². The van der Waals surface area contributed by atoms with E-state index in [9.17, 15) is 4.79 Å². The molecule has 4 aromatic rings. The maximum atomic E-state index is 12.7. The Morgan fingerprint density at radius 3 is 2.80 bits per heavy atom. The normalized spacial score (nSPS) is 22.5. The summed E-state index contributed by atoms with van der Waals surface area (Å²) in [4.78, 5) is 27.5. The predicted octanol–water partition coefficient (Wildman–Crippen LogP) is 6.78. The number of carbonyl (C=O) groups excluding carboxylic acids is 1. The van der Waals surface area contributed by atoms with Crippen molar-refractivity contribution in [1.29, 1.82) is 0 Å². The third kappa shape index (κ3) is 4.32. The van der Waals surface area contributed by atoms with E-state index in [1.807, 2.05) is 6.33 Å². The summed E-state index contributed by atoms with van der Waals surface area (Å²) in [6.07, 6.45) is 22.7. The molecular formula is C33H38N6O. The maximum absolute atomic E-state index is 12.7. The molecule has 7 heteroatoms. The van der Waals surface area contributed by atoms with Crippen LogP contribution in [-0.4, -0.2) is 39.0 Å². The highest BCUT2D eigenvalue weighted by Gasteiger charge is 2.37. The SMILES string of the molecule is CN(CCCC1CC2C=CC=CC21)c1cc(-c2ccc3c(c2)ncn3C2CCCCC2)c2nc[nH]c2c1C(N)=O. The van der Waals surface area contributed by atoms with Gasteiger partial charge in [0.25, 0.3) is 5.91 Å². The van der Waals surface area contributed by atoms with E-state index >= 15 is 0 Å². The average molecular weight is 535 g/mol. The molecule has 2 saturated carbocycles. The Kier molecular flexibility index (Phi) is 6.45. The Labute approximate surface area is 235 Å². The summed E-state index contributed by atoms with van der Waals surface area (Å²) in [5, 5.41) is 0. The number of aromatic amines is 1. The summed E-state index contributed by atoms with van der Waals surface area (Å²) >= 11 is 0. The lowest BCUT2D eigenvalue weighted by Gasteiger charge is -2.43. The highest BCUT2D eigenvalue weighted by atomic mass is 16.1. The second-order valence-electron chi connectivity index (χ2n) is 12.0. The Morgan fingerprint density at radius 1 is 1.12 bits per heavy atom. The molecule has 3 aliphatic rings. The average Bonchev–Trinajstić information content (AvgIpc) is 3.62. The van der Waals surface area contributed by atoms with E-state index in [1.165, 1.54) is 50.5 Å². The molecule has 7 rings (SSSR count). The molecule has 0 bridgehead atoms. The Hall–Kier alpha value is -3.87. The van der Waals surface area contributed by atoms with Gasteiger partial charge in [0.05, 0.1) is 46.0 Å². The van der Waals surface area contributed by atoms with Gasteiger partial charge in [-0.3, -0.25) is 4.79 Å². The van der Waals surface area contributed by atoms with E-state index in [1.54, 1.807) is 6.33 Å². The van der Waals surface area contributed by atoms with Crippen molar-refractivity contribution in [2.24, 2.45) is 23.5 Å². The standard InChI is InChI=1S/C33H38N6O/c1-38(15-7-9-22-16-21-8-5-6-12-25(21)22)29-18-26(31-32(36-19-35-31)30(29)33(34)40)23-13-14-28-27(17-23)37-20-39(28)24-10-3-2-4-11-24/h5-6,8,12-14,17-22,24-25H,2-4,7,9-11,15-16H2,1H3,(H2,34,40)(H,35,36). The molecule has 0 saturated heterocycles. The van der Waals surface area contributed by atoms with Crippen molar-refractivity contribution < 1.29 is 4.79 Å². The van der Waals surface area contributed by atoms with Crippen LogP contribution in [0.2, 0.25) is 0 Å². The van der Waals surface area contributed by atoms with Crippen molar-refractivity contribution >= 4 is 33.7 Å². The van der Waals surface area contributed by atoms with Gasteiger partial charge in [-0.2, -0.15) is 0 Å². The molecule has 206 valence electrons. The third-order valence-corrected chi connectivity index (χ3v) is 9.68. The van der Waals surface area contributed by atoms with Gasteiger partial charge in [-0.1, -0.05) is 49.6 Å². The number of hydrogen-bond donors (Lipinski definition) is 2. The van der Waals surface area contributed by atoms with E-state index < -0.39 is 5.91 Å². The van der Waals surface area contributed by atoms with Gasteiger partial charge in [0.15, 0.2) is 0 Å². The van der Waals surface area contributed by atoms with Crippen molar-refractivity contribution in [2.45, 2.75) is 57.4 Å². The third-order valence-electron chi connectivity index (χ3n) is 9.68. The zero-order valence-electron chi connectivity index (χ0n) is 23.2. The molecule has 2 aromatic carbocycles. The second-order valence-corrected chi connectivity index (χ2v) is 12.0. The molecule has 3 atom stereocenters. The number of fused-ring (bicyclic) bond motifs is 3. The fraction of sp³-hybridized carbons (Fsp3) is 0.424. The van der Waals surface area contributed by atoms with Crippen molar-refractivity contribution in [3.05, 3.63) is 66.8 Å². The Balaban J connectivity index is 1.18. The monoisotopic (exact) mass is 534 g/mol. The largest absolute Gasteiger partial charge is 0.374 e. The van der Waals surface area contributed by atoms with Crippen molar-refractivity contribution in [2.75, 3.05) is 18.5 Å². The van der Waals surface area contributed by atoms with Gasteiger partial charge in [0.2, 0.25) is 0 Å². The number of allylic oxidation sites excluding steroid dienone is 4. The van der Waals surface area contributed by atoms with E-state index in [2.05, 4.69) is 75.1 Å². The topological polar surface area (TPSA) is 92.8 Å². The maximum Gasteiger partial charge on any atom is 0.253 e. The molecule has 0 aliphatic heterocycles. The van der Waals surface area contributed by atoms with E-state index in [0.29, 0.717) is 23.0 Å². The minimum absolute atomic E-state index is 0.440. The van der Waals surface area contributed by atoms with Crippen LogP contribution >= 0.6 is 0 Å². The zero-order chi connectivity index (χ0) is 27.2. The number of imidazole rings is 2. The van der Waals surface area contributed by atoms with Crippen LogP contribution in [0.15, 0.2) is 61.2 Å². The number of nitrogens with two attached hydrogens (primary N) is 1. The first-order chi connectivity index (χ1) is 19.6. The van der Waals surface area contributed by atoms with Crippen LogP contribution in [0.5, 0.6) is 0 Å². The van der Waals surface area contributed by atoms with Gasteiger partial charge in [-0.15, -0.1) is 0 Å². The summed E-state index contributed by atoms with van der Waals surface area (Å²) < 4.78 is 2.36. The number of benzene rings is 2. The van der Waals surface area contributed by atoms with Gasteiger partial charge in [0, 0.05) is 25.2 Å². The number of anilines is 1. The number of nitrogens with zero attached hydrogens (tertiary/aromatic N) is 4. The molecule has 1 amide bonds. The number of aromatic nitrogens is 4. The summed E-state index contributed by atoms with van der Waals surface area (Å²) in [7, 11) is 2.07. The Bertz CT molecular complexity index is 1620. The smallest absolute Gasteiger partial charge is 0.253 e. The highest BCUT2D eigenvalue weighted by Crippen LogP contribution is 2.46. The second kappa shape index (κ2) is 10.3. The first-order valence-electron chi connectivity index (χ1n) is 14.9. The number of rotatable bonds is 8. The fourth-order valence-electron chi connectivity index (χ4n) is 7.46. The summed E-state index contributed by atoms with van der Waals surface area (Å²) in [5.74, 6) is 1.73. The molecule has 3 N–H and O–H groups in total. The van der Waals surface area contributed by atoms with Crippen LogP contribution in [0.3, 0.4) is 0 Å². The highest BCUT2D eigenvalue weighted by molar-refractivity contribution is 6.13. The first kappa shape index (κ1) is 25.1. The molecule has 7 nitrogen and oxygen atoms in total. The van der Waals surface area contributed by atoms with Gasteiger partial charge >= 0.3 is 0 Å². The molecular weight excluding hydrogens is 496 g/mol. The van der Waals surface area contributed by atoms with Crippen LogP contribution in [0, 0.1) is 17.8 Å². The molecule has 3 aliphatic carbocycles. The molecule has 0 radical (unpaired) electrons. The van der Waals surface area contributed by atoms with Crippen molar-refractivity contribution in [3.63, 3.8) is 0 Å². The molecule has 3 unspecified atom stereocenters. The lowest BCUT2D eigenvalue weighted by Crippen LogP contribution is -2.35. The number of primary amides is 1. The summed E-state index contributed by atoms with van der Waals surface area (Å²) in [6, 6.07) is 9.15. The number of carbonyl (C=O) groups is 1. The number of H-pyrrole nitrogens is 1. The number of hydrogen-bond acceptors (Lipinski definition) is 4. The quantitative estimate of drug-likeness (QED) is 0.261. The lowest BCUT2D eigenvalue weighted by atomic mass is 9.62. The number of amides is 1. The molecule has 40 heavy (non-hydrogen) atoms.